The first-order valence-electron chi connectivity index (χ1n) is 7.28. The van der Waals surface area contributed by atoms with Gasteiger partial charge in [0.1, 0.15) is 11.2 Å². The van der Waals surface area contributed by atoms with Crippen molar-refractivity contribution >= 4 is 10.9 Å². The third-order valence-electron chi connectivity index (χ3n) is 3.92. The Kier molecular flexibility index (Phi) is 2.89. The molecule has 3 aromatic rings. The number of nitrogens with one attached hydrogen (secondary N) is 1. The highest BCUT2D eigenvalue weighted by molar-refractivity contribution is 5.90. The molecular formula is C16H14N4O2. The van der Waals surface area contributed by atoms with E-state index in [9.17, 15) is 9.59 Å². The van der Waals surface area contributed by atoms with Crippen LogP contribution in [0.25, 0.3) is 22.2 Å². The number of rotatable bonds is 3. The van der Waals surface area contributed by atoms with E-state index in [-0.39, 0.29) is 22.0 Å². The molecule has 0 amide bonds. The average Bonchev–Trinajstić information content (AvgIpc) is 3.35. The minimum Gasteiger partial charge on any atom is -0.313 e. The quantitative estimate of drug-likeness (QED) is 0.795. The van der Waals surface area contributed by atoms with Gasteiger partial charge in [-0.1, -0.05) is 30.3 Å². The van der Waals surface area contributed by atoms with Crippen LogP contribution >= 0.6 is 0 Å². The number of hydrogen-bond donors (Lipinski definition) is 1. The second-order valence-electron chi connectivity index (χ2n) is 5.60. The molecule has 0 bridgehead atoms. The third-order valence-corrected chi connectivity index (χ3v) is 3.92. The Morgan fingerprint density at radius 3 is 2.68 bits per heavy atom. The topological polar surface area (TPSA) is 80.6 Å². The average molecular weight is 294 g/mol. The maximum atomic E-state index is 12.5. The summed E-state index contributed by atoms with van der Waals surface area (Å²) in [4.78, 5) is 31.3. The SMILES string of the molecule is O=c1[nH]cnc2c(=O)n(CC3CC3)nc(-c3ccccc3)c12. The van der Waals surface area contributed by atoms with Gasteiger partial charge in [0.2, 0.25) is 0 Å². The first-order chi connectivity index (χ1) is 10.7. The number of aromatic amines is 1. The molecular weight excluding hydrogens is 280 g/mol. The zero-order valence-electron chi connectivity index (χ0n) is 11.8. The fourth-order valence-corrected chi connectivity index (χ4v) is 2.59. The molecule has 0 radical (unpaired) electrons. The van der Waals surface area contributed by atoms with Gasteiger partial charge in [-0.2, -0.15) is 5.10 Å². The van der Waals surface area contributed by atoms with Crippen molar-refractivity contribution in [2.45, 2.75) is 19.4 Å². The van der Waals surface area contributed by atoms with E-state index in [1.54, 1.807) is 0 Å². The van der Waals surface area contributed by atoms with Gasteiger partial charge < -0.3 is 4.98 Å². The zero-order valence-corrected chi connectivity index (χ0v) is 11.8. The Morgan fingerprint density at radius 1 is 1.18 bits per heavy atom. The van der Waals surface area contributed by atoms with Gasteiger partial charge in [-0.05, 0) is 18.8 Å². The normalized spacial score (nSPS) is 14.4. The molecule has 0 atom stereocenters. The number of aromatic nitrogens is 4. The van der Waals surface area contributed by atoms with Crippen LogP contribution in [0.5, 0.6) is 0 Å². The molecule has 1 aromatic carbocycles. The number of hydrogen-bond acceptors (Lipinski definition) is 4. The number of benzene rings is 1. The molecule has 0 saturated heterocycles. The van der Waals surface area contributed by atoms with Crippen molar-refractivity contribution in [3.63, 3.8) is 0 Å². The van der Waals surface area contributed by atoms with Crippen molar-refractivity contribution in [3.05, 3.63) is 57.4 Å². The Bertz CT molecular complexity index is 955. The van der Waals surface area contributed by atoms with Crippen LogP contribution in [0.1, 0.15) is 12.8 Å². The summed E-state index contributed by atoms with van der Waals surface area (Å²) in [6.07, 6.45) is 3.51. The van der Waals surface area contributed by atoms with E-state index in [0.717, 1.165) is 18.4 Å². The van der Waals surface area contributed by atoms with Crippen LogP contribution in [0.15, 0.2) is 46.2 Å². The molecule has 1 fully saturated rings. The fraction of sp³-hybridized carbons (Fsp3) is 0.250. The monoisotopic (exact) mass is 294 g/mol. The van der Waals surface area contributed by atoms with Crippen molar-refractivity contribution in [3.8, 4) is 11.3 Å². The molecule has 6 nitrogen and oxygen atoms in total. The van der Waals surface area contributed by atoms with Crippen LogP contribution in [-0.4, -0.2) is 19.7 Å². The lowest BCUT2D eigenvalue weighted by Gasteiger charge is -2.09. The van der Waals surface area contributed by atoms with Gasteiger partial charge in [-0.3, -0.25) is 9.59 Å². The second kappa shape index (κ2) is 4.91. The predicted molar refractivity (Wildman–Crippen MR) is 82.6 cm³/mol. The van der Waals surface area contributed by atoms with E-state index in [2.05, 4.69) is 15.1 Å². The number of nitrogens with zero attached hydrogens (tertiary/aromatic N) is 3. The Labute approximate surface area is 125 Å². The maximum Gasteiger partial charge on any atom is 0.293 e. The molecule has 2 aromatic heterocycles. The minimum atomic E-state index is -0.341. The molecule has 4 rings (SSSR count). The molecule has 0 spiro atoms. The maximum absolute atomic E-state index is 12.5. The van der Waals surface area contributed by atoms with Crippen molar-refractivity contribution < 1.29 is 0 Å². The second-order valence-corrected chi connectivity index (χ2v) is 5.60. The van der Waals surface area contributed by atoms with E-state index in [0.29, 0.717) is 18.2 Å². The highest BCUT2D eigenvalue weighted by Crippen LogP contribution is 2.30. The van der Waals surface area contributed by atoms with Crippen LogP contribution in [0.3, 0.4) is 0 Å². The van der Waals surface area contributed by atoms with Gasteiger partial charge in [0.05, 0.1) is 11.7 Å². The van der Waals surface area contributed by atoms with E-state index in [4.69, 9.17) is 0 Å². The smallest absolute Gasteiger partial charge is 0.293 e. The van der Waals surface area contributed by atoms with Gasteiger partial charge in [0.25, 0.3) is 11.1 Å². The van der Waals surface area contributed by atoms with Crippen molar-refractivity contribution in [2.24, 2.45) is 5.92 Å². The molecule has 22 heavy (non-hydrogen) atoms. The zero-order chi connectivity index (χ0) is 15.1. The van der Waals surface area contributed by atoms with Gasteiger partial charge in [0.15, 0.2) is 0 Å². The third kappa shape index (κ3) is 2.13. The summed E-state index contributed by atoms with van der Waals surface area (Å²) in [5.41, 5.74) is 0.846. The van der Waals surface area contributed by atoms with Crippen LogP contribution in [0, 0.1) is 5.92 Å². The largest absolute Gasteiger partial charge is 0.313 e. The molecule has 1 saturated carbocycles. The van der Waals surface area contributed by atoms with Gasteiger partial charge in [0, 0.05) is 12.1 Å². The lowest BCUT2D eigenvalue weighted by Crippen LogP contribution is -2.28. The van der Waals surface area contributed by atoms with Gasteiger partial charge in [-0.15, -0.1) is 0 Å². The standard InChI is InChI=1S/C16H14N4O2/c21-15-12-13(11-4-2-1-3-5-11)19-20(8-10-6-7-10)16(22)14(12)17-9-18-15/h1-5,9-10H,6-8H2,(H,17,18,21). The first kappa shape index (κ1) is 12.9. The fourth-order valence-electron chi connectivity index (χ4n) is 2.59. The van der Waals surface area contributed by atoms with E-state index < -0.39 is 0 Å². The molecule has 2 heterocycles. The summed E-state index contributed by atoms with van der Waals surface area (Å²) >= 11 is 0. The summed E-state index contributed by atoms with van der Waals surface area (Å²) in [5, 5.41) is 4.71. The summed E-state index contributed by atoms with van der Waals surface area (Å²) in [6.45, 7) is 0.586. The van der Waals surface area contributed by atoms with Crippen LogP contribution in [-0.2, 0) is 6.54 Å². The first-order valence-corrected chi connectivity index (χ1v) is 7.28. The highest BCUT2D eigenvalue weighted by Gasteiger charge is 2.24. The van der Waals surface area contributed by atoms with Crippen LogP contribution in [0.2, 0.25) is 0 Å². The van der Waals surface area contributed by atoms with Crippen molar-refractivity contribution in [2.75, 3.05) is 0 Å². The molecule has 1 aliphatic carbocycles. The van der Waals surface area contributed by atoms with E-state index in [1.165, 1.54) is 11.0 Å². The summed E-state index contributed by atoms with van der Waals surface area (Å²) in [7, 11) is 0. The molecule has 1 aliphatic rings. The minimum absolute atomic E-state index is 0.179. The number of H-pyrrole nitrogens is 1. The van der Waals surface area contributed by atoms with Gasteiger partial charge in [-0.25, -0.2) is 9.67 Å². The van der Waals surface area contributed by atoms with Crippen LogP contribution < -0.4 is 11.1 Å². The molecule has 0 aliphatic heterocycles. The summed E-state index contributed by atoms with van der Waals surface area (Å²) in [5.74, 6) is 0.508. The van der Waals surface area contributed by atoms with E-state index in [1.807, 2.05) is 30.3 Å². The number of fused-ring (bicyclic) bond motifs is 1. The molecule has 1 N–H and O–H groups in total. The predicted octanol–water partition coefficient (Wildman–Crippen LogP) is 1.56. The lowest BCUT2D eigenvalue weighted by atomic mass is 10.1. The van der Waals surface area contributed by atoms with Gasteiger partial charge >= 0.3 is 0 Å². The summed E-state index contributed by atoms with van der Waals surface area (Å²) in [6, 6.07) is 9.40. The summed E-state index contributed by atoms with van der Waals surface area (Å²) < 4.78 is 1.45. The molecule has 0 unspecified atom stereocenters. The van der Waals surface area contributed by atoms with Crippen molar-refractivity contribution in [1.29, 1.82) is 0 Å². The van der Waals surface area contributed by atoms with Crippen molar-refractivity contribution in [1.82, 2.24) is 19.7 Å². The van der Waals surface area contributed by atoms with Crippen LogP contribution in [0.4, 0.5) is 0 Å². The molecule has 110 valence electrons. The lowest BCUT2D eigenvalue weighted by molar-refractivity contribution is 0.539. The molecule has 6 heteroatoms. The Morgan fingerprint density at radius 2 is 1.95 bits per heavy atom. The van der Waals surface area contributed by atoms with E-state index >= 15 is 0 Å². The Balaban J connectivity index is 2.06. The highest BCUT2D eigenvalue weighted by atomic mass is 16.1. The Hall–Kier alpha value is -2.76.